The van der Waals surface area contributed by atoms with Crippen molar-refractivity contribution in [1.29, 1.82) is 0 Å². The van der Waals surface area contributed by atoms with Gasteiger partial charge in [-0.05, 0) is 66.9 Å². The molecule has 1 saturated heterocycles. The Kier molecular flexibility index (Phi) is 6.45. The number of sulfonamides is 1. The summed E-state index contributed by atoms with van der Waals surface area (Å²) < 4.78 is 28.6. The standard InChI is InChI=1S/C16H19BrN2O2S.ClH/c17-15-5-3-14-9-16(6-4-13(14)8-15)22(20,21)19-11-12-2-1-7-18-10-12;/h3-6,8-9,12,18-19H,1-2,7,10-11H2;1H. The van der Waals surface area contributed by atoms with Gasteiger partial charge in [0.2, 0.25) is 10.0 Å². The minimum Gasteiger partial charge on any atom is -0.316 e. The Labute approximate surface area is 151 Å². The molecule has 1 atom stereocenters. The second kappa shape index (κ2) is 7.94. The van der Waals surface area contributed by atoms with E-state index in [4.69, 9.17) is 0 Å². The van der Waals surface area contributed by atoms with Crippen LogP contribution >= 0.6 is 28.3 Å². The molecule has 1 aliphatic rings. The number of benzene rings is 2. The molecule has 0 bridgehead atoms. The number of halogens is 2. The van der Waals surface area contributed by atoms with Gasteiger partial charge in [0, 0.05) is 11.0 Å². The molecule has 1 unspecified atom stereocenters. The molecule has 2 aromatic rings. The molecule has 0 radical (unpaired) electrons. The zero-order chi connectivity index (χ0) is 15.6. The molecule has 1 aliphatic heterocycles. The molecule has 2 N–H and O–H groups in total. The number of hydrogen-bond donors (Lipinski definition) is 2. The average Bonchev–Trinajstić information content (AvgIpc) is 2.53. The van der Waals surface area contributed by atoms with Crippen molar-refractivity contribution in [3.05, 3.63) is 40.9 Å². The summed E-state index contributed by atoms with van der Waals surface area (Å²) in [4.78, 5) is 0.325. The highest BCUT2D eigenvalue weighted by Gasteiger charge is 2.18. The van der Waals surface area contributed by atoms with E-state index in [1.807, 2.05) is 24.3 Å². The maximum Gasteiger partial charge on any atom is 0.240 e. The van der Waals surface area contributed by atoms with Crippen LogP contribution in [0.3, 0.4) is 0 Å². The van der Waals surface area contributed by atoms with Crippen molar-refractivity contribution in [3.8, 4) is 0 Å². The Morgan fingerprint density at radius 2 is 1.91 bits per heavy atom. The van der Waals surface area contributed by atoms with E-state index in [1.54, 1.807) is 12.1 Å². The first-order chi connectivity index (χ1) is 10.5. The SMILES string of the molecule is Cl.O=S(=O)(NCC1CCCNC1)c1ccc2cc(Br)ccc2c1. The summed E-state index contributed by atoms with van der Waals surface area (Å²) in [5.41, 5.74) is 0. The highest BCUT2D eigenvalue weighted by molar-refractivity contribution is 9.10. The summed E-state index contributed by atoms with van der Waals surface area (Å²) >= 11 is 3.42. The van der Waals surface area contributed by atoms with E-state index < -0.39 is 10.0 Å². The van der Waals surface area contributed by atoms with Gasteiger partial charge in [-0.3, -0.25) is 0 Å². The van der Waals surface area contributed by atoms with Gasteiger partial charge in [0.05, 0.1) is 4.90 Å². The predicted octanol–water partition coefficient (Wildman–Crippen LogP) is 3.30. The van der Waals surface area contributed by atoms with E-state index in [9.17, 15) is 8.42 Å². The monoisotopic (exact) mass is 418 g/mol. The number of rotatable bonds is 4. The molecule has 0 aliphatic carbocycles. The van der Waals surface area contributed by atoms with Crippen molar-refractivity contribution in [2.24, 2.45) is 5.92 Å². The molecule has 0 aromatic heterocycles. The predicted molar refractivity (Wildman–Crippen MR) is 99.7 cm³/mol. The second-order valence-electron chi connectivity index (χ2n) is 5.72. The largest absolute Gasteiger partial charge is 0.316 e. The Balaban J connectivity index is 0.00000192. The number of piperidine rings is 1. The Hall–Kier alpha value is -0.660. The summed E-state index contributed by atoms with van der Waals surface area (Å²) in [6.07, 6.45) is 2.18. The van der Waals surface area contributed by atoms with Gasteiger partial charge in [-0.25, -0.2) is 13.1 Å². The fourth-order valence-corrected chi connectivity index (χ4v) is 4.30. The van der Waals surface area contributed by atoms with Gasteiger partial charge in [-0.15, -0.1) is 12.4 Å². The molecular weight excluding hydrogens is 400 g/mol. The molecule has 126 valence electrons. The summed E-state index contributed by atoms with van der Waals surface area (Å²) in [7, 11) is -3.45. The summed E-state index contributed by atoms with van der Waals surface area (Å²) in [6.45, 7) is 2.41. The van der Waals surface area contributed by atoms with Crippen LogP contribution in [0.4, 0.5) is 0 Å². The van der Waals surface area contributed by atoms with Gasteiger partial charge in [-0.2, -0.15) is 0 Å². The normalized spacial score (nSPS) is 18.6. The van der Waals surface area contributed by atoms with Crippen molar-refractivity contribution in [3.63, 3.8) is 0 Å². The van der Waals surface area contributed by atoms with E-state index in [0.717, 1.165) is 41.2 Å². The van der Waals surface area contributed by atoms with Crippen LogP contribution in [0.5, 0.6) is 0 Å². The first kappa shape index (κ1) is 18.7. The van der Waals surface area contributed by atoms with Crippen molar-refractivity contribution in [2.75, 3.05) is 19.6 Å². The molecule has 0 saturated carbocycles. The Morgan fingerprint density at radius 3 is 2.65 bits per heavy atom. The molecule has 0 spiro atoms. The van der Waals surface area contributed by atoms with E-state index in [2.05, 4.69) is 26.0 Å². The molecule has 7 heteroatoms. The van der Waals surface area contributed by atoms with E-state index >= 15 is 0 Å². The molecule has 3 rings (SSSR count). The number of nitrogens with one attached hydrogen (secondary N) is 2. The molecule has 4 nitrogen and oxygen atoms in total. The summed E-state index contributed by atoms with van der Waals surface area (Å²) in [5, 5.41) is 5.24. The topological polar surface area (TPSA) is 58.2 Å². The van der Waals surface area contributed by atoms with Gasteiger partial charge in [0.1, 0.15) is 0 Å². The van der Waals surface area contributed by atoms with Gasteiger partial charge >= 0.3 is 0 Å². The average molecular weight is 420 g/mol. The van der Waals surface area contributed by atoms with Crippen molar-refractivity contribution >= 4 is 49.1 Å². The highest BCUT2D eigenvalue weighted by atomic mass is 79.9. The van der Waals surface area contributed by atoms with Crippen LogP contribution < -0.4 is 10.0 Å². The third-order valence-corrected chi connectivity index (χ3v) is 5.96. The van der Waals surface area contributed by atoms with E-state index in [0.29, 0.717) is 17.4 Å². The first-order valence-electron chi connectivity index (χ1n) is 7.44. The van der Waals surface area contributed by atoms with Crippen LogP contribution in [0, 0.1) is 5.92 Å². The fourth-order valence-electron chi connectivity index (χ4n) is 2.77. The Morgan fingerprint density at radius 1 is 1.17 bits per heavy atom. The van der Waals surface area contributed by atoms with Crippen molar-refractivity contribution in [2.45, 2.75) is 17.7 Å². The van der Waals surface area contributed by atoms with Crippen LogP contribution in [0.2, 0.25) is 0 Å². The lowest BCUT2D eigenvalue weighted by Gasteiger charge is -2.22. The number of hydrogen-bond acceptors (Lipinski definition) is 3. The Bertz CT molecular complexity index is 777. The molecule has 1 heterocycles. The zero-order valence-electron chi connectivity index (χ0n) is 12.6. The molecule has 23 heavy (non-hydrogen) atoms. The summed E-state index contributed by atoms with van der Waals surface area (Å²) in [6, 6.07) is 11.0. The summed E-state index contributed by atoms with van der Waals surface area (Å²) in [5.74, 6) is 0.375. The smallest absolute Gasteiger partial charge is 0.240 e. The van der Waals surface area contributed by atoms with Crippen LogP contribution in [0.25, 0.3) is 10.8 Å². The molecule has 0 amide bonds. The second-order valence-corrected chi connectivity index (χ2v) is 8.40. The zero-order valence-corrected chi connectivity index (χ0v) is 15.8. The minimum absolute atomic E-state index is 0. The van der Waals surface area contributed by atoms with Gasteiger partial charge < -0.3 is 5.32 Å². The third kappa shape index (κ3) is 4.67. The van der Waals surface area contributed by atoms with Crippen LogP contribution in [0.1, 0.15) is 12.8 Å². The van der Waals surface area contributed by atoms with E-state index in [-0.39, 0.29) is 12.4 Å². The van der Waals surface area contributed by atoms with Gasteiger partial charge in [0.25, 0.3) is 0 Å². The molecule has 1 fully saturated rings. The lowest BCUT2D eigenvalue weighted by molar-refractivity contribution is 0.376. The lowest BCUT2D eigenvalue weighted by Crippen LogP contribution is -2.38. The third-order valence-electron chi connectivity index (χ3n) is 4.05. The van der Waals surface area contributed by atoms with Crippen LogP contribution in [-0.2, 0) is 10.0 Å². The van der Waals surface area contributed by atoms with Crippen molar-refractivity contribution < 1.29 is 8.42 Å². The van der Waals surface area contributed by atoms with Crippen LogP contribution in [0.15, 0.2) is 45.8 Å². The van der Waals surface area contributed by atoms with Gasteiger partial charge in [-0.1, -0.05) is 28.1 Å². The molecular formula is C16H20BrClN2O2S. The minimum atomic E-state index is -3.45. The number of fused-ring (bicyclic) bond motifs is 1. The quantitative estimate of drug-likeness (QED) is 0.799. The maximum absolute atomic E-state index is 12.4. The highest BCUT2D eigenvalue weighted by Crippen LogP contribution is 2.23. The first-order valence-corrected chi connectivity index (χ1v) is 9.72. The molecule has 2 aromatic carbocycles. The van der Waals surface area contributed by atoms with Crippen LogP contribution in [-0.4, -0.2) is 28.1 Å². The van der Waals surface area contributed by atoms with Crippen molar-refractivity contribution in [1.82, 2.24) is 10.0 Å². The fraction of sp³-hybridized carbons (Fsp3) is 0.375. The lowest BCUT2D eigenvalue weighted by atomic mass is 10.0. The van der Waals surface area contributed by atoms with Gasteiger partial charge in [0.15, 0.2) is 0 Å². The van der Waals surface area contributed by atoms with E-state index in [1.165, 1.54) is 0 Å². The maximum atomic E-state index is 12.4.